The maximum Gasteiger partial charge on any atom is 0.204 e. The van der Waals surface area contributed by atoms with Gasteiger partial charge in [-0.3, -0.25) is 0 Å². The zero-order chi connectivity index (χ0) is 18.2. The molecule has 0 N–H and O–H groups in total. The third-order valence-electron chi connectivity index (χ3n) is 6.08. The van der Waals surface area contributed by atoms with E-state index in [2.05, 4.69) is 79.7 Å². The van der Waals surface area contributed by atoms with Gasteiger partial charge in [-0.05, 0) is 65.3 Å². The SMILES string of the molecule is C[C@@H]([C@H](OP1(=S)N(C)[C@@H]2CCCC[C@H]2N1C)c1ccccc1)N(C)C. The fourth-order valence-electron chi connectivity index (χ4n) is 4.20. The molecule has 2 fully saturated rings. The molecule has 140 valence electrons. The molecule has 2 aliphatic rings. The van der Waals surface area contributed by atoms with E-state index < -0.39 is 6.57 Å². The van der Waals surface area contributed by atoms with Crippen LogP contribution in [0.25, 0.3) is 0 Å². The molecule has 1 aromatic carbocycles. The van der Waals surface area contributed by atoms with E-state index in [0.29, 0.717) is 12.1 Å². The summed E-state index contributed by atoms with van der Waals surface area (Å²) in [6, 6.07) is 11.9. The number of rotatable bonds is 5. The van der Waals surface area contributed by atoms with Crippen molar-refractivity contribution in [2.75, 3.05) is 28.2 Å². The minimum atomic E-state index is -2.20. The quantitative estimate of drug-likeness (QED) is 0.713. The van der Waals surface area contributed by atoms with Crippen LogP contribution in [-0.4, -0.2) is 60.6 Å². The average molecular weight is 382 g/mol. The predicted molar refractivity (Wildman–Crippen MR) is 109 cm³/mol. The molecule has 1 saturated carbocycles. The van der Waals surface area contributed by atoms with Crippen LogP contribution in [0.3, 0.4) is 0 Å². The number of hydrogen-bond acceptors (Lipinski definition) is 3. The lowest BCUT2D eigenvalue weighted by atomic mass is 9.91. The Kier molecular flexibility index (Phi) is 6.04. The highest BCUT2D eigenvalue weighted by molar-refractivity contribution is 8.10. The molecule has 1 aromatic rings. The number of nitrogens with zero attached hydrogens (tertiary/aromatic N) is 3. The largest absolute Gasteiger partial charge is 0.317 e. The summed E-state index contributed by atoms with van der Waals surface area (Å²) in [4.78, 5) is 2.22. The van der Waals surface area contributed by atoms with Crippen molar-refractivity contribution in [2.45, 2.75) is 56.8 Å². The fraction of sp³-hybridized carbons (Fsp3) is 0.684. The Morgan fingerprint density at radius 2 is 1.60 bits per heavy atom. The van der Waals surface area contributed by atoms with Crippen LogP contribution in [0.1, 0.15) is 44.3 Å². The summed E-state index contributed by atoms with van der Waals surface area (Å²) in [5, 5.41) is 0. The van der Waals surface area contributed by atoms with Gasteiger partial charge in [-0.15, -0.1) is 0 Å². The third-order valence-corrected chi connectivity index (χ3v) is 10.6. The molecule has 1 aliphatic carbocycles. The highest BCUT2D eigenvalue weighted by Gasteiger charge is 2.50. The lowest BCUT2D eigenvalue weighted by molar-refractivity contribution is 0.107. The van der Waals surface area contributed by atoms with Crippen molar-refractivity contribution in [2.24, 2.45) is 0 Å². The molecule has 0 aromatic heterocycles. The van der Waals surface area contributed by atoms with Gasteiger partial charge in [-0.1, -0.05) is 43.2 Å². The molecule has 1 aliphatic heterocycles. The third kappa shape index (κ3) is 3.60. The molecule has 0 spiro atoms. The summed E-state index contributed by atoms with van der Waals surface area (Å²) in [6.45, 7) is 0.0252. The number of hydrogen-bond donors (Lipinski definition) is 0. The second-order valence-electron chi connectivity index (χ2n) is 7.70. The van der Waals surface area contributed by atoms with Crippen LogP contribution in [0, 0.1) is 0 Å². The zero-order valence-electron chi connectivity index (χ0n) is 16.1. The summed E-state index contributed by atoms with van der Waals surface area (Å²) in [5.74, 6) is 0. The van der Waals surface area contributed by atoms with E-state index in [4.69, 9.17) is 16.3 Å². The molecule has 0 amide bonds. The average Bonchev–Trinajstić information content (AvgIpc) is 2.82. The van der Waals surface area contributed by atoms with Crippen molar-refractivity contribution in [1.82, 2.24) is 14.2 Å². The topological polar surface area (TPSA) is 19.0 Å². The second kappa shape index (κ2) is 7.75. The second-order valence-corrected chi connectivity index (χ2v) is 11.6. The van der Waals surface area contributed by atoms with Crippen molar-refractivity contribution in [1.29, 1.82) is 0 Å². The molecule has 4 nitrogen and oxygen atoms in total. The van der Waals surface area contributed by atoms with E-state index in [1.807, 2.05) is 0 Å². The van der Waals surface area contributed by atoms with Gasteiger partial charge in [0.1, 0.15) is 6.10 Å². The molecule has 25 heavy (non-hydrogen) atoms. The van der Waals surface area contributed by atoms with Crippen molar-refractivity contribution >= 4 is 18.4 Å². The van der Waals surface area contributed by atoms with E-state index in [1.54, 1.807) is 0 Å². The maximum atomic E-state index is 6.86. The minimum absolute atomic E-state index is 0.0212. The van der Waals surface area contributed by atoms with E-state index in [0.717, 1.165) is 0 Å². The first kappa shape index (κ1) is 19.5. The Morgan fingerprint density at radius 3 is 2.08 bits per heavy atom. The van der Waals surface area contributed by atoms with E-state index in [-0.39, 0.29) is 12.1 Å². The smallest absolute Gasteiger partial charge is 0.204 e. The van der Waals surface area contributed by atoms with Gasteiger partial charge >= 0.3 is 0 Å². The molecular weight excluding hydrogens is 349 g/mol. The summed E-state index contributed by atoms with van der Waals surface area (Å²) >= 11 is 6.23. The molecule has 0 bridgehead atoms. The Bertz CT molecular complexity index is 604. The summed E-state index contributed by atoms with van der Waals surface area (Å²) in [5.41, 5.74) is 1.21. The maximum absolute atomic E-state index is 6.86. The Labute approximate surface area is 158 Å². The lowest BCUT2D eigenvalue weighted by Crippen LogP contribution is -2.37. The van der Waals surface area contributed by atoms with Gasteiger partial charge in [0.2, 0.25) is 6.57 Å². The predicted octanol–water partition coefficient (Wildman–Crippen LogP) is 4.11. The molecule has 1 saturated heterocycles. The summed E-state index contributed by atoms with van der Waals surface area (Å²) in [6.07, 6.45) is 5.08. The molecular formula is C19H32N3OPS. The molecule has 0 radical (unpaired) electrons. The summed E-state index contributed by atoms with van der Waals surface area (Å²) in [7, 11) is 8.60. The van der Waals surface area contributed by atoms with Gasteiger partial charge in [0.15, 0.2) is 0 Å². The standard InChI is InChI=1S/C19H32N3OPS/c1-15(20(2)3)19(16-11-7-6-8-12-16)23-24(25)21(4)17-13-9-10-14-18(17)22(24)5/h6-8,11-12,15,17-19H,9-10,13-14H2,1-5H3/t15-,17+,18+,19-/m0/s1. The number of fused-ring (bicyclic) bond motifs is 1. The van der Waals surface area contributed by atoms with E-state index >= 15 is 0 Å². The van der Waals surface area contributed by atoms with Gasteiger partial charge in [0, 0.05) is 18.1 Å². The first-order chi connectivity index (χ1) is 11.9. The molecule has 0 unspecified atom stereocenters. The molecule has 1 heterocycles. The highest BCUT2D eigenvalue weighted by Crippen LogP contribution is 2.65. The molecule has 6 heteroatoms. The molecule has 4 atom stereocenters. The highest BCUT2D eigenvalue weighted by atomic mass is 32.5. The van der Waals surface area contributed by atoms with Crippen molar-refractivity contribution in [3.63, 3.8) is 0 Å². The van der Waals surface area contributed by atoms with Gasteiger partial charge in [-0.25, -0.2) is 9.34 Å². The van der Waals surface area contributed by atoms with Crippen LogP contribution < -0.4 is 0 Å². The van der Waals surface area contributed by atoms with Crippen molar-refractivity contribution in [3.8, 4) is 0 Å². The Hall–Kier alpha value is -0.290. The van der Waals surface area contributed by atoms with Crippen LogP contribution in [0.4, 0.5) is 0 Å². The summed E-state index contributed by atoms with van der Waals surface area (Å²) < 4.78 is 11.7. The van der Waals surface area contributed by atoms with Crippen LogP contribution in [0.5, 0.6) is 0 Å². The van der Waals surface area contributed by atoms with Gasteiger partial charge in [-0.2, -0.15) is 0 Å². The fourth-order valence-corrected chi connectivity index (χ4v) is 7.83. The van der Waals surface area contributed by atoms with Crippen molar-refractivity contribution < 1.29 is 4.52 Å². The van der Waals surface area contributed by atoms with E-state index in [9.17, 15) is 0 Å². The monoisotopic (exact) mass is 381 g/mol. The van der Waals surface area contributed by atoms with Crippen LogP contribution in [0.2, 0.25) is 0 Å². The first-order valence-corrected chi connectivity index (χ1v) is 11.9. The Balaban J connectivity index is 1.91. The van der Waals surface area contributed by atoms with Crippen LogP contribution in [0.15, 0.2) is 30.3 Å². The first-order valence-electron chi connectivity index (χ1n) is 9.32. The molecule has 3 rings (SSSR count). The van der Waals surface area contributed by atoms with Gasteiger partial charge < -0.3 is 9.42 Å². The van der Waals surface area contributed by atoms with E-state index in [1.165, 1.54) is 31.2 Å². The number of likely N-dealkylation sites (N-methyl/N-ethyl adjacent to an activating group) is 3. The van der Waals surface area contributed by atoms with Crippen LogP contribution >= 0.6 is 6.57 Å². The van der Waals surface area contributed by atoms with Crippen molar-refractivity contribution in [3.05, 3.63) is 35.9 Å². The number of benzene rings is 1. The Morgan fingerprint density at radius 1 is 1.08 bits per heavy atom. The van der Waals surface area contributed by atoms with Crippen LogP contribution in [-0.2, 0) is 16.3 Å². The minimum Gasteiger partial charge on any atom is -0.317 e. The van der Waals surface area contributed by atoms with Gasteiger partial charge in [0.05, 0.1) is 0 Å². The normalized spacial score (nSPS) is 29.5. The zero-order valence-corrected chi connectivity index (χ0v) is 17.8. The van der Waals surface area contributed by atoms with Gasteiger partial charge in [0.25, 0.3) is 0 Å². The lowest BCUT2D eigenvalue weighted by Gasteiger charge is -2.38.